The third-order valence-electron chi connectivity index (χ3n) is 2.94. The first kappa shape index (κ1) is 16.7. The normalized spacial score (nSPS) is 11.9. The third kappa shape index (κ3) is 6.73. The lowest BCUT2D eigenvalue weighted by molar-refractivity contribution is -0.141. The monoisotopic (exact) mass is 289 g/mol. The van der Waals surface area contributed by atoms with Gasteiger partial charge in [0.1, 0.15) is 5.69 Å². The average Bonchev–Trinajstić information content (AvgIpc) is 2.36. The van der Waals surface area contributed by atoms with Crippen LogP contribution in [0.4, 0.5) is 19.1 Å². The Morgan fingerprint density at radius 2 is 1.85 bits per heavy atom. The number of hydrogen-bond acceptors (Lipinski definition) is 3. The first-order valence-corrected chi connectivity index (χ1v) is 7.03. The SMILES string of the molecule is CC(C)CCCCCCNc1nccc(C(F)(F)F)n1. The number of unbranched alkanes of at least 4 members (excludes halogenated alkanes) is 3. The molecule has 0 aliphatic rings. The van der Waals surface area contributed by atoms with Crippen molar-refractivity contribution in [3.05, 3.63) is 18.0 Å². The second kappa shape index (κ2) is 8.07. The van der Waals surface area contributed by atoms with E-state index >= 15 is 0 Å². The Balaban J connectivity index is 2.22. The lowest BCUT2D eigenvalue weighted by Crippen LogP contribution is -2.12. The van der Waals surface area contributed by atoms with Gasteiger partial charge >= 0.3 is 6.18 Å². The molecule has 1 rings (SSSR count). The van der Waals surface area contributed by atoms with Crippen molar-refractivity contribution in [1.82, 2.24) is 9.97 Å². The summed E-state index contributed by atoms with van der Waals surface area (Å²) in [5, 5.41) is 2.83. The largest absolute Gasteiger partial charge is 0.433 e. The molecule has 0 spiro atoms. The van der Waals surface area contributed by atoms with Gasteiger partial charge in [0.15, 0.2) is 0 Å². The summed E-state index contributed by atoms with van der Waals surface area (Å²) in [4.78, 5) is 7.24. The van der Waals surface area contributed by atoms with Crippen LogP contribution >= 0.6 is 0 Å². The highest BCUT2D eigenvalue weighted by Crippen LogP contribution is 2.27. The number of nitrogens with one attached hydrogen (secondary N) is 1. The molecule has 1 N–H and O–H groups in total. The first-order valence-electron chi connectivity index (χ1n) is 7.03. The van der Waals surface area contributed by atoms with Gasteiger partial charge in [-0.2, -0.15) is 13.2 Å². The summed E-state index contributed by atoms with van der Waals surface area (Å²) in [5.74, 6) is 0.772. The zero-order valence-corrected chi connectivity index (χ0v) is 12.0. The molecule has 0 bridgehead atoms. The fraction of sp³-hybridized carbons (Fsp3) is 0.714. The van der Waals surface area contributed by atoms with E-state index in [4.69, 9.17) is 0 Å². The molecule has 0 aliphatic heterocycles. The molecule has 3 nitrogen and oxygen atoms in total. The van der Waals surface area contributed by atoms with Gasteiger partial charge in [-0.1, -0.05) is 39.5 Å². The second-order valence-corrected chi connectivity index (χ2v) is 5.29. The number of alkyl halides is 3. The van der Waals surface area contributed by atoms with Crippen molar-refractivity contribution in [3.8, 4) is 0 Å². The van der Waals surface area contributed by atoms with Crippen LogP contribution in [0.5, 0.6) is 0 Å². The number of aromatic nitrogens is 2. The van der Waals surface area contributed by atoms with Crippen molar-refractivity contribution >= 4 is 5.95 Å². The Morgan fingerprint density at radius 3 is 2.50 bits per heavy atom. The van der Waals surface area contributed by atoms with Crippen LogP contribution in [0.2, 0.25) is 0 Å². The minimum Gasteiger partial charge on any atom is -0.354 e. The van der Waals surface area contributed by atoms with Crippen LogP contribution in [0.3, 0.4) is 0 Å². The maximum Gasteiger partial charge on any atom is 0.433 e. The topological polar surface area (TPSA) is 37.8 Å². The molecule has 0 fully saturated rings. The molecule has 0 aromatic carbocycles. The predicted octanol–water partition coefficient (Wildman–Crippen LogP) is 4.51. The van der Waals surface area contributed by atoms with Crippen molar-refractivity contribution in [2.24, 2.45) is 5.92 Å². The van der Waals surface area contributed by atoms with E-state index in [1.54, 1.807) is 0 Å². The maximum absolute atomic E-state index is 12.4. The molecule has 0 aliphatic carbocycles. The summed E-state index contributed by atoms with van der Waals surface area (Å²) in [6.45, 7) is 5.00. The Bertz CT molecular complexity index is 391. The van der Waals surface area contributed by atoms with Crippen LogP contribution in [0.1, 0.15) is 51.6 Å². The average molecular weight is 289 g/mol. The summed E-state index contributed by atoms with van der Waals surface area (Å²) < 4.78 is 37.3. The fourth-order valence-electron chi connectivity index (χ4n) is 1.83. The Morgan fingerprint density at radius 1 is 1.15 bits per heavy atom. The van der Waals surface area contributed by atoms with Crippen molar-refractivity contribution in [1.29, 1.82) is 0 Å². The van der Waals surface area contributed by atoms with Gasteiger partial charge in [-0.15, -0.1) is 0 Å². The van der Waals surface area contributed by atoms with E-state index in [1.165, 1.54) is 12.8 Å². The number of halogens is 3. The van der Waals surface area contributed by atoms with Gasteiger partial charge in [-0.05, 0) is 18.4 Å². The van der Waals surface area contributed by atoms with Gasteiger partial charge in [0.25, 0.3) is 0 Å². The molecular formula is C14H22F3N3. The van der Waals surface area contributed by atoms with Crippen LogP contribution in [-0.4, -0.2) is 16.5 Å². The second-order valence-electron chi connectivity index (χ2n) is 5.29. The van der Waals surface area contributed by atoms with Crippen LogP contribution in [0.15, 0.2) is 12.3 Å². The molecule has 0 saturated heterocycles. The van der Waals surface area contributed by atoms with E-state index < -0.39 is 11.9 Å². The van der Waals surface area contributed by atoms with Gasteiger partial charge in [-0.25, -0.2) is 9.97 Å². The van der Waals surface area contributed by atoms with Crippen LogP contribution in [0.25, 0.3) is 0 Å². The maximum atomic E-state index is 12.4. The number of nitrogens with zero attached hydrogens (tertiary/aromatic N) is 2. The zero-order valence-electron chi connectivity index (χ0n) is 12.0. The van der Waals surface area contributed by atoms with E-state index in [0.717, 1.165) is 37.4 Å². The lowest BCUT2D eigenvalue weighted by Gasteiger charge is -2.08. The highest BCUT2D eigenvalue weighted by Gasteiger charge is 2.32. The Hall–Kier alpha value is -1.33. The Labute approximate surface area is 118 Å². The predicted molar refractivity (Wildman–Crippen MR) is 73.4 cm³/mol. The lowest BCUT2D eigenvalue weighted by atomic mass is 10.0. The van der Waals surface area contributed by atoms with Crippen LogP contribution < -0.4 is 5.32 Å². The van der Waals surface area contributed by atoms with Gasteiger partial charge < -0.3 is 5.32 Å². The number of hydrogen-bond donors (Lipinski definition) is 1. The molecule has 6 heteroatoms. The fourth-order valence-corrected chi connectivity index (χ4v) is 1.83. The summed E-state index contributed by atoms with van der Waals surface area (Å²) in [5.41, 5.74) is -0.910. The van der Waals surface area contributed by atoms with Gasteiger partial charge in [0, 0.05) is 12.7 Å². The highest BCUT2D eigenvalue weighted by atomic mass is 19.4. The summed E-state index contributed by atoms with van der Waals surface area (Å²) in [7, 11) is 0. The standard InChI is InChI=1S/C14H22F3N3/c1-11(2)7-5-3-4-6-9-18-13-19-10-8-12(20-13)14(15,16)17/h8,10-11H,3-7,9H2,1-2H3,(H,18,19,20). The molecule has 0 radical (unpaired) electrons. The number of rotatable bonds is 8. The van der Waals surface area contributed by atoms with E-state index in [2.05, 4.69) is 29.1 Å². The van der Waals surface area contributed by atoms with E-state index in [9.17, 15) is 13.2 Å². The Kier molecular flexibility index (Phi) is 6.75. The van der Waals surface area contributed by atoms with Crippen LogP contribution in [-0.2, 0) is 6.18 Å². The molecule has 0 saturated carbocycles. The van der Waals surface area contributed by atoms with E-state index in [-0.39, 0.29) is 5.95 Å². The highest BCUT2D eigenvalue weighted by molar-refractivity contribution is 5.25. The molecule has 0 unspecified atom stereocenters. The van der Waals surface area contributed by atoms with Crippen molar-refractivity contribution < 1.29 is 13.2 Å². The quantitative estimate of drug-likeness (QED) is 0.715. The summed E-state index contributed by atoms with van der Waals surface area (Å²) in [6.07, 6.45) is 2.28. The zero-order chi connectivity index (χ0) is 15.0. The van der Waals surface area contributed by atoms with E-state index in [0.29, 0.717) is 6.54 Å². The molecule has 1 aromatic heterocycles. The molecule has 20 heavy (non-hydrogen) atoms. The number of anilines is 1. The molecule has 1 heterocycles. The van der Waals surface area contributed by atoms with Gasteiger partial charge in [0.05, 0.1) is 0 Å². The van der Waals surface area contributed by atoms with E-state index in [1.807, 2.05) is 0 Å². The minimum absolute atomic E-state index is 0.0435. The molecule has 114 valence electrons. The first-order chi connectivity index (χ1) is 9.39. The van der Waals surface area contributed by atoms with Crippen molar-refractivity contribution in [2.45, 2.75) is 52.1 Å². The van der Waals surface area contributed by atoms with Gasteiger partial charge in [-0.3, -0.25) is 0 Å². The molecule has 0 amide bonds. The van der Waals surface area contributed by atoms with Gasteiger partial charge in [0.2, 0.25) is 5.95 Å². The molecular weight excluding hydrogens is 267 g/mol. The summed E-state index contributed by atoms with van der Waals surface area (Å²) >= 11 is 0. The summed E-state index contributed by atoms with van der Waals surface area (Å²) in [6, 6.07) is 0.872. The van der Waals surface area contributed by atoms with Crippen molar-refractivity contribution in [2.75, 3.05) is 11.9 Å². The van der Waals surface area contributed by atoms with Crippen LogP contribution in [0, 0.1) is 5.92 Å². The molecule has 0 atom stereocenters. The minimum atomic E-state index is -4.42. The third-order valence-corrected chi connectivity index (χ3v) is 2.94. The van der Waals surface area contributed by atoms with Crippen molar-refractivity contribution in [3.63, 3.8) is 0 Å². The smallest absolute Gasteiger partial charge is 0.354 e. The molecule has 1 aromatic rings.